The van der Waals surface area contributed by atoms with E-state index in [0.717, 1.165) is 10.9 Å². The molecular formula is C10H13BrO3. The van der Waals surface area contributed by atoms with Gasteiger partial charge in [-0.1, -0.05) is 40.2 Å². The molecule has 0 saturated carbocycles. The van der Waals surface area contributed by atoms with E-state index in [0.29, 0.717) is 5.56 Å². The fraction of sp³-hybridized carbons (Fsp3) is 0.400. The smallest absolute Gasteiger partial charge is 0.107 e. The lowest BCUT2D eigenvalue weighted by Gasteiger charge is -2.15. The summed E-state index contributed by atoms with van der Waals surface area (Å²) >= 11 is 3.31. The van der Waals surface area contributed by atoms with E-state index in [-0.39, 0.29) is 0 Å². The van der Waals surface area contributed by atoms with E-state index in [4.69, 9.17) is 5.11 Å². The molecule has 0 aromatic heterocycles. The molecule has 0 radical (unpaired) electrons. The maximum Gasteiger partial charge on any atom is 0.107 e. The molecule has 0 heterocycles. The van der Waals surface area contributed by atoms with E-state index in [1.54, 1.807) is 12.1 Å². The zero-order chi connectivity index (χ0) is 10.6. The Balaban J connectivity index is 2.75. The summed E-state index contributed by atoms with van der Waals surface area (Å²) < 4.78 is 0. The number of aliphatic hydroxyl groups is 3. The van der Waals surface area contributed by atoms with Crippen molar-refractivity contribution in [2.24, 2.45) is 0 Å². The Morgan fingerprint density at radius 2 is 1.71 bits per heavy atom. The maximum atomic E-state index is 9.53. The lowest BCUT2D eigenvalue weighted by atomic mass is 10.0. The average Bonchev–Trinajstić information content (AvgIpc) is 2.27. The number of alkyl halides is 1. The summed E-state index contributed by atoms with van der Waals surface area (Å²) in [7, 11) is 0. The van der Waals surface area contributed by atoms with Crippen molar-refractivity contribution in [1.29, 1.82) is 0 Å². The fourth-order valence-corrected chi connectivity index (χ4v) is 1.50. The van der Waals surface area contributed by atoms with E-state index >= 15 is 0 Å². The molecule has 0 aliphatic carbocycles. The van der Waals surface area contributed by atoms with Gasteiger partial charge in [0.15, 0.2) is 0 Å². The molecule has 0 spiro atoms. The minimum Gasteiger partial charge on any atom is -0.394 e. The van der Waals surface area contributed by atoms with E-state index in [1.165, 1.54) is 0 Å². The molecular weight excluding hydrogens is 248 g/mol. The average molecular weight is 261 g/mol. The summed E-state index contributed by atoms with van der Waals surface area (Å²) in [6.07, 6.45) is -2.14. The van der Waals surface area contributed by atoms with Crippen molar-refractivity contribution < 1.29 is 15.3 Å². The van der Waals surface area contributed by atoms with Crippen LogP contribution in [-0.4, -0.2) is 28.0 Å². The Hall–Kier alpha value is -0.420. The molecule has 0 bridgehead atoms. The number of hydrogen-bond acceptors (Lipinski definition) is 3. The van der Waals surface area contributed by atoms with Crippen molar-refractivity contribution in [3.63, 3.8) is 0 Å². The van der Waals surface area contributed by atoms with Crippen molar-refractivity contribution in [3.05, 3.63) is 35.4 Å². The molecule has 1 rings (SSSR count). The number of halogens is 1. The highest BCUT2D eigenvalue weighted by molar-refractivity contribution is 9.08. The molecule has 14 heavy (non-hydrogen) atoms. The maximum absolute atomic E-state index is 9.53. The number of aliphatic hydroxyl groups excluding tert-OH is 3. The van der Waals surface area contributed by atoms with Crippen LogP contribution >= 0.6 is 15.9 Å². The predicted molar refractivity (Wildman–Crippen MR) is 57.1 cm³/mol. The Kier molecular flexibility index (Phi) is 4.54. The third kappa shape index (κ3) is 2.78. The normalized spacial score (nSPS) is 15.1. The first-order valence-corrected chi connectivity index (χ1v) is 5.43. The van der Waals surface area contributed by atoms with Crippen molar-refractivity contribution in [2.45, 2.75) is 17.5 Å². The van der Waals surface area contributed by atoms with Crippen LogP contribution in [0.5, 0.6) is 0 Å². The van der Waals surface area contributed by atoms with Gasteiger partial charge in [0.25, 0.3) is 0 Å². The van der Waals surface area contributed by atoms with Crippen molar-refractivity contribution >= 4 is 15.9 Å². The summed E-state index contributed by atoms with van der Waals surface area (Å²) in [6, 6.07) is 7.19. The molecule has 4 heteroatoms. The molecule has 0 aliphatic rings. The first-order chi connectivity index (χ1) is 6.69. The summed E-state index contributed by atoms with van der Waals surface area (Å²) in [5.41, 5.74) is 1.70. The Labute approximate surface area is 91.1 Å². The van der Waals surface area contributed by atoms with Crippen molar-refractivity contribution in [1.82, 2.24) is 0 Å². The van der Waals surface area contributed by atoms with Crippen LogP contribution in [0.2, 0.25) is 0 Å². The third-order valence-electron chi connectivity index (χ3n) is 2.03. The molecule has 2 unspecified atom stereocenters. The van der Waals surface area contributed by atoms with Gasteiger partial charge in [-0.15, -0.1) is 0 Å². The zero-order valence-corrected chi connectivity index (χ0v) is 9.18. The highest BCUT2D eigenvalue weighted by Gasteiger charge is 2.16. The van der Waals surface area contributed by atoms with Gasteiger partial charge < -0.3 is 15.3 Å². The van der Waals surface area contributed by atoms with Crippen LogP contribution in [0, 0.1) is 0 Å². The first-order valence-electron chi connectivity index (χ1n) is 4.31. The first kappa shape index (κ1) is 11.7. The molecule has 3 N–H and O–H groups in total. The lowest BCUT2D eigenvalue weighted by molar-refractivity contribution is -0.0152. The lowest BCUT2D eigenvalue weighted by Crippen LogP contribution is -2.21. The fourth-order valence-electron chi connectivity index (χ4n) is 1.13. The molecule has 2 atom stereocenters. The molecule has 0 amide bonds. The quantitative estimate of drug-likeness (QED) is 0.708. The van der Waals surface area contributed by atoms with Crippen LogP contribution in [-0.2, 0) is 5.33 Å². The van der Waals surface area contributed by atoms with Gasteiger partial charge in [0, 0.05) is 5.33 Å². The van der Waals surface area contributed by atoms with Crippen LogP contribution in [0.15, 0.2) is 24.3 Å². The minimum absolute atomic E-state index is 0.443. The summed E-state index contributed by atoms with van der Waals surface area (Å²) in [5, 5.41) is 28.1. The van der Waals surface area contributed by atoms with Gasteiger partial charge in [0.2, 0.25) is 0 Å². The van der Waals surface area contributed by atoms with Crippen LogP contribution in [0.25, 0.3) is 0 Å². The molecule has 1 aromatic carbocycles. The molecule has 1 aromatic rings. The van der Waals surface area contributed by atoms with Gasteiger partial charge in [-0.3, -0.25) is 0 Å². The minimum atomic E-state index is -1.12. The van der Waals surface area contributed by atoms with Crippen LogP contribution in [0.1, 0.15) is 17.2 Å². The van der Waals surface area contributed by atoms with E-state index in [1.807, 2.05) is 12.1 Å². The Morgan fingerprint density at radius 3 is 2.14 bits per heavy atom. The number of rotatable bonds is 4. The predicted octanol–water partition coefficient (Wildman–Crippen LogP) is 0.968. The molecule has 0 aliphatic heterocycles. The molecule has 78 valence electrons. The summed E-state index contributed by atoms with van der Waals surface area (Å²) in [4.78, 5) is 0. The van der Waals surface area contributed by atoms with Gasteiger partial charge in [0.05, 0.1) is 6.61 Å². The summed E-state index contributed by atoms with van der Waals surface area (Å²) in [5.74, 6) is 0. The number of hydrogen-bond donors (Lipinski definition) is 3. The topological polar surface area (TPSA) is 60.7 Å². The van der Waals surface area contributed by atoms with E-state index < -0.39 is 18.8 Å². The zero-order valence-electron chi connectivity index (χ0n) is 7.60. The second-order valence-corrected chi connectivity index (χ2v) is 3.63. The Bertz CT molecular complexity index is 273. The largest absolute Gasteiger partial charge is 0.394 e. The van der Waals surface area contributed by atoms with E-state index in [9.17, 15) is 10.2 Å². The Morgan fingerprint density at radius 1 is 1.14 bits per heavy atom. The SMILES string of the molecule is OCC(O)C(O)c1ccc(CBr)cc1. The number of benzene rings is 1. The van der Waals surface area contributed by atoms with Crippen LogP contribution < -0.4 is 0 Å². The highest BCUT2D eigenvalue weighted by atomic mass is 79.9. The van der Waals surface area contributed by atoms with Gasteiger partial charge in [0.1, 0.15) is 12.2 Å². The van der Waals surface area contributed by atoms with Crippen LogP contribution in [0.3, 0.4) is 0 Å². The standard InChI is InChI=1S/C10H13BrO3/c11-5-7-1-3-8(4-2-7)10(14)9(13)6-12/h1-4,9-10,12-14H,5-6H2. The van der Waals surface area contributed by atoms with Gasteiger partial charge in [-0.05, 0) is 11.1 Å². The second kappa shape index (κ2) is 5.46. The van der Waals surface area contributed by atoms with Crippen molar-refractivity contribution in [2.75, 3.05) is 6.61 Å². The van der Waals surface area contributed by atoms with Gasteiger partial charge >= 0.3 is 0 Å². The second-order valence-electron chi connectivity index (χ2n) is 3.07. The van der Waals surface area contributed by atoms with Crippen molar-refractivity contribution in [3.8, 4) is 0 Å². The summed E-state index contributed by atoms with van der Waals surface area (Å²) in [6.45, 7) is -0.443. The van der Waals surface area contributed by atoms with E-state index in [2.05, 4.69) is 15.9 Å². The molecule has 0 saturated heterocycles. The van der Waals surface area contributed by atoms with Crippen LogP contribution in [0.4, 0.5) is 0 Å². The van der Waals surface area contributed by atoms with Gasteiger partial charge in [-0.25, -0.2) is 0 Å². The third-order valence-corrected chi connectivity index (χ3v) is 2.67. The monoisotopic (exact) mass is 260 g/mol. The van der Waals surface area contributed by atoms with Gasteiger partial charge in [-0.2, -0.15) is 0 Å². The molecule has 0 fully saturated rings. The highest BCUT2D eigenvalue weighted by Crippen LogP contribution is 2.18. The molecule has 3 nitrogen and oxygen atoms in total.